The van der Waals surface area contributed by atoms with Crippen LogP contribution in [0.15, 0.2) is 0 Å². The van der Waals surface area contributed by atoms with Crippen LogP contribution in [0.4, 0.5) is 0 Å². The lowest BCUT2D eigenvalue weighted by Crippen LogP contribution is -2.51. The summed E-state index contributed by atoms with van der Waals surface area (Å²) < 4.78 is 5.17. The summed E-state index contributed by atoms with van der Waals surface area (Å²) in [4.78, 5) is 0. The van der Waals surface area contributed by atoms with Gasteiger partial charge in [-0.25, -0.2) is 0 Å². The summed E-state index contributed by atoms with van der Waals surface area (Å²) in [5, 5.41) is 3.69. The van der Waals surface area contributed by atoms with Crippen molar-refractivity contribution in [1.82, 2.24) is 5.32 Å². The number of ether oxygens (including phenoxy) is 1. The Morgan fingerprint density at radius 3 is 2.07 bits per heavy atom. The van der Waals surface area contributed by atoms with E-state index in [1.54, 1.807) is 0 Å². The van der Waals surface area contributed by atoms with E-state index in [1.807, 2.05) is 0 Å². The summed E-state index contributed by atoms with van der Waals surface area (Å²) in [7, 11) is 0. The van der Waals surface area contributed by atoms with Crippen LogP contribution in [0.5, 0.6) is 0 Å². The summed E-state index contributed by atoms with van der Waals surface area (Å²) in [5.41, 5.74) is 0. The maximum absolute atomic E-state index is 5.17. The minimum atomic E-state index is 0.663. The van der Waals surface area contributed by atoms with E-state index in [1.165, 1.54) is 25.7 Å². The highest BCUT2D eigenvalue weighted by Crippen LogP contribution is 2.30. The molecule has 82 valence electrons. The summed E-state index contributed by atoms with van der Waals surface area (Å²) >= 11 is 0. The molecule has 2 rings (SSSR count). The highest BCUT2D eigenvalue weighted by molar-refractivity contribution is 4.83. The van der Waals surface area contributed by atoms with E-state index in [4.69, 9.17) is 4.74 Å². The fourth-order valence-corrected chi connectivity index (χ4v) is 2.62. The lowest BCUT2D eigenvalue weighted by atomic mass is 9.79. The second-order valence-corrected chi connectivity index (χ2v) is 5.26. The Hall–Kier alpha value is -0.0800. The summed E-state index contributed by atoms with van der Waals surface area (Å²) in [5.74, 6) is 1.86. The first kappa shape index (κ1) is 10.4. The van der Waals surface area contributed by atoms with Gasteiger partial charge in [-0.1, -0.05) is 13.8 Å². The van der Waals surface area contributed by atoms with E-state index in [0.29, 0.717) is 6.04 Å². The predicted octanol–water partition coefficient (Wildman–Crippen LogP) is 2.19. The Bertz CT molecular complexity index is 169. The van der Waals surface area contributed by atoms with Gasteiger partial charge in [-0.05, 0) is 37.5 Å². The number of rotatable bonds is 3. The number of hydrogen-bond acceptors (Lipinski definition) is 2. The molecule has 1 heterocycles. The monoisotopic (exact) mass is 197 g/mol. The summed E-state index contributed by atoms with van der Waals surface area (Å²) in [6.45, 7) is 6.59. The number of hydrogen-bond donors (Lipinski definition) is 1. The molecule has 0 radical (unpaired) electrons. The summed E-state index contributed by atoms with van der Waals surface area (Å²) in [6.07, 6.45) is 5.59. The lowest BCUT2D eigenvalue weighted by Gasteiger charge is -2.36. The highest BCUT2D eigenvalue weighted by Gasteiger charge is 2.26. The fraction of sp³-hybridized carbons (Fsp3) is 1.00. The van der Waals surface area contributed by atoms with Crippen LogP contribution < -0.4 is 5.32 Å². The molecule has 0 unspecified atom stereocenters. The summed E-state index contributed by atoms with van der Waals surface area (Å²) in [6, 6.07) is 1.44. The van der Waals surface area contributed by atoms with Crippen molar-refractivity contribution in [3.05, 3.63) is 0 Å². The number of nitrogens with one attached hydrogen (secondary N) is 1. The zero-order chi connectivity index (χ0) is 9.97. The first-order chi connectivity index (χ1) is 6.75. The molecule has 0 aromatic rings. The van der Waals surface area contributed by atoms with E-state index >= 15 is 0 Å². The zero-order valence-electron chi connectivity index (χ0n) is 9.46. The third kappa shape index (κ3) is 2.48. The highest BCUT2D eigenvalue weighted by atomic mass is 16.5. The smallest absolute Gasteiger partial charge is 0.0643 e. The van der Waals surface area contributed by atoms with Gasteiger partial charge in [-0.2, -0.15) is 0 Å². The molecule has 0 aromatic carbocycles. The van der Waals surface area contributed by atoms with Gasteiger partial charge in [0, 0.05) is 6.04 Å². The molecule has 2 nitrogen and oxygen atoms in total. The molecule has 2 heteroatoms. The molecule has 1 aliphatic carbocycles. The Morgan fingerprint density at radius 2 is 1.64 bits per heavy atom. The average Bonchev–Trinajstić information content (AvgIpc) is 2.12. The Morgan fingerprint density at radius 1 is 1.00 bits per heavy atom. The normalized spacial score (nSPS) is 34.5. The molecule has 0 amide bonds. The molecule has 0 atom stereocenters. The molecule has 1 N–H and O–H groups in total. The first-order valence-electron chi connectivity index (χ1n) is 6.09. The third-order valence-electron chi connectivity index (χ3n) is 3.82. The minimum absolute atomic E-state index is 0.663. The van der Waals surface area contributed by atoms with Crippen molar-refractivity contribution in [2.24, 2.45) is 11.8 Å². The maximum Gasteiger partial charge on any atom is 0.0643 e. The second kappa shape index (κ2) is 4.63. The van der Waals surface area contributed by atoms with Gasteiger partial charge in [0.25, 0.3) is 0 Å². The van der Waals surface area contributed by atoms with Crippen molar-refractivity contribution in [3.63, 3.8) is 0 Å². The van der Waals surface area contributed by atoms with Gasteiger partial charge in [-0.3, -0.25) is 0 Å². The molecule has 1 saturated heterocycles. The van der Waals surface area contributed by atoms with Crippen LogP contribution in [0, 0.1) is 11.8 Å². The molecule has 1 saturated carbocycles. The minimum Gasteiger partial charge on any atom is -0.378 e. The van der Waals surface area contributed by atoms with Gasteiger partial charge in [0.1, 0.15) is 0 Å². The quantitative estimate of drug-likeness (QED) is 0.749. The molecule has 14 heavy (non-hydrogen) atoms. The van der Waals surface area contributed by atoms with Gasteiger partial charge in [0.15, 0.2) is 0 Å². The van der Waals surface area contributed by atoms with Crippen molar-refractivity contribution in [1.29, 1.82) is 0 Å². The molecule has 2 aliphatic rings. The average molecular weight is 197 g/mol. The Labute approximate surface area is 87.4 Å². The molecule has 0 spiro atoms. The van der Waals surface area contributed by atoms with Gasteiger partial charge in [-0.15, -0.1) is 0 Å². The van der Waals surface area contributed by atoms with Crippen molar-refractivity contribution >= 4 is 0 Å². The molecular formula is C12H23NO. The topological polar surface area (TPSA) is 21.3 Å². The van der Waals surface area contributed by atoms with E-state index in [-0.39, 0.29) is 0 Å². The van der Waals surface area contributed by atoms with Gasteiger partial charge in [0.2, 0.25) is 0 Å². The largest absolute Gasteiger partial charge is 0.378 e. The Balaban J connectivity index is 1.67. The van der Waals surface area contributed by atoms with E-state index in [2.05, 4.69) is 19.2 Å². The van der Waals surface area contributed by atoms with Crippen molar-refractivity contribution in [3.8, 4) is 0 Å². The molecule has 1 aliphatic heterocycles. The maximum atomic E-state index is 5.17. The van der Waals surface area contributed by atoms with Crippen LogP contribution >= 0.6 is 0 Å². The van der Waals surface area contributed by atoms with E-state index < -0.39 is 0 Å². The van der Waals surface area contributed by atoms with Crippen LogP contribution in [-0.2, 0) is 4.74 Å². The molecule has 2 fully saturated rings. The molecule has 0 aromatic heterocycles. The fourth-order valence-electron chi connectivity index (χ4n) is 2.62. The Kier molecular flexibility index (Phi) is 3.45. The third-order valence-corrected chi connectivity index (χ3v) is 3.82. The molecule has 0 bridgehead atoms. The van der Waals surface area contributed by atoms with Crippen molar-refractivity contribution < 1.29 is 4.74 Å². The lowest BCUT2D eigenvalue weighted by molar-refractivity contribution is -0.0130. The standard InChI is InChI=1S/C12H23NO/c1-9(2)10-3-5-11(6-4-10)13-12-7-14-8-12/h9-13H,3-8H2,1-2H3/t10-,11-. The second-order valence-electron chi connectivity index (χ2n) is 5.26. The van der Waals surface area contributed by atoms with Gasteiger partial charge >= 0.3 is 0 Å². The van der Waals surface area contributed by atoms with Crippen LogP contribution in [0.3, 0.4) is 0 Å². The first-order valence-corrected chi connectivity index (χ1v) is 6.09. The van der Waals surface area contributed by atoms with Crippen molar-refractivity contribution in [2.45, 2.75) is 51.6 Å². The zero-order valence-corrected chi connectivity index (χ0v) is 9.46. The van der Waals surface area contributed by atoms with Crippen LogP contribution in [0.2, 0.25) is 0 Å². The van der Waals surface area contributed by atoms with Crippen LogP contribution in [0.1, 0.15) is 39.5 Å². The molecular weight excluding hydrogens is 174 g/mol. The van der Waals surface area contributed by atoms with E-state index in [0.717, 1.165) is 31.1 Å². The van der Waals surface area contributed by atoms with Crippen LogP contribution in [0.25, 0.3) is 0 Å². The van der Waals surface area contributed by atoms with Gasteiger partial charge < -0.3 is 10.1 Å². The SMILES string of the molecule is CC(C)[C@H]1CC[C@H](NC2COC2)CC1. The van der Waals surface area contributed by atoms with E-state index in [9.17, 15) is 0 Å². The predicted molar refractivity (Wildman–Crippen MR) is 58.3 cm³/mol. The van der Waals surface area contributed by atoms with Gasteiger partial charge in [0.05, 0.1) is 19.3 Å². The van der Waals surface area contributed by atoms with Crippen LogP contribution in [-0.4, -0.2) is 25.3 Å². The van der Waals surface area contributed by atoms with Crippen molar-refractivity contribution in [2.75, 3.05) is 13.2 Å².